The third-order valence-corrected chi connectivity index (χ3v) is 3.13. The second-order valence-corrected chi connectivity index (χ2v) is 4.32. The Morgan fingerprint density at radius 3 is 3.13 bits per heavy atom. The summed E-state index contributed by atoms with van der Waals surface area (Å²) in [6.45, 7) is 0.725. The Morgan fingerprint density at radius 1 is 1.40 bits per heavy atom. The van der Waals surface area contributed by atoms with Crippen LogP contribution in [0.4, 0.5) is 5.69 Å². The highest BCUT2D eigenvalue weighted by atomic mass is 79.9. The molecule has 2 aromatic rings. The molecule has 5 nitrogen and oxygen atoms in total. The first-order chi connectivity index (χ1) is 7.27. The molecule has 1 aliphatic heterocycles. The Hall–Kier alpha value is -1.43. The molecule has 1 aliphatic rings. The highest BCUT2D eigenvalue weighted by Crippen LogP contribution is 2.35. The van der Waals surface area contributed by atoms with Crippen molar-refractivity contribution >= 4 is 21.6 Å². The average molecular weight is 266 g/mol. The molecule has 2 heterocycles. The Bertz CT molecular complexity index is 521. The van der Waals surface area contributed by atoms with Crippen LogP contribution in [0.3, 0.4) is 0 Å². The lowest BCUT2D eigenvalue weighted by atomic mass is 10.2. The minimum Gasteiger partial charge on any atom is -0.364 e. The first-order valence-corrected chi connectivity index (χ1v) is 5.34. The molecule has 6 heteroatoms. The second kappa shape index (κ2) is 3.03. The summed E-state index contributed by atoms with van der Waals surface area (Å²) in [5, 5.41) is 11.7. The van der Waals surface area contributed by atoms with E-state index in [0.29, 0.717) is 0 Å². The summed E-state index contributed by atoms with van der Waals surface area (Å²) >= 11 is 3.54. The number of hydrogen-bond donors (Lipinski definition) is 0. The second-order valence-electron chi connectivity index (χ2n) is 3.47. The summed E-state index contributed by atoms with van der Waals surface area (Å²) in [5.41, 5.74) is 2.13. The molecule has 0 spiro atoms. The molecule has 0 aliphatic carbocycles. The number of fused-ring (bicyclic) bond motifs is 3. The monoisotopic (exact) mass is 265 g/mol. The van der Waals surface area contributed by atoms with Gasteiger partial charge < -0.3 is 4.90 Å². The summed E-state index contributed by atoms with van der Waals surface area (Å²) in [7, 11) is 2.03. The minimum absolute atomic E-state index is 0.725. The van der Waals surface area contributed by atoms with Crippen molar-refractivity contribution in [2.75, 3.05) is 11.9 Å². The number of tetrazole rings is 1. The molecule has 0 saturated carbocycles. The van der Waals surface area contributed by atoms with Crippen LogP contribution in [-0.2, 0) is 6.54 Å². The zero-order chi connectivity index (χ0) is 10.4. The van der Waals surface area contributed by atoms with E-state index in [1.807, 2.05) is 25.2 Å². The largest absolute Gasteiger partial charge is 0.364 e. The van der Waals surface area contributed by atoms with E-state index in [9.17, 15) is 0 Å². The van der Waals surface area contributed by atoms with Crippen molar-refractivity contribution < 1.29 is 0 Å². The maximum atomic E-state index is 3.98. The Morgan fingerprint density at radius 2 is 2.27 bits per heavy atom. The van der Waals surface area contributed by atoms with E-state index in [1.165, 1.54) is 0 Å². The van der Waals surface area contributed by atoms with Crippen LogP contribution in [0.25, 0.3) is 5.69 Å². The molecule has 0 saturated heterocycles. The summed E-state index contributed by atoms with van der Waals surface area (Å²) in [6, 6.07) is 6.01. The number of benzene rings is 1. The molecule has 0 N–H and O–H groups in total. The highest BCUT2D eigenvalue weighted by Gasteiger charge is 2.23. The number of nitrogens with zero attached hydrogens (tertiary/aromatic N) is 5. The van der Waals surface area contributed by atoms with Crippen LogP contribution in [0.15, 0.2) is 22.7 Å². The van der Waals surface area contributed by atoms with Gasteiger partial charge >= 0.3 is 0 Å². The van der Waals surface area contributed by atoms with Gasteiger partial charge in [-0.3, -0.25) is 0 Å². The molecule has 0 fully saturated rings. The van der Waals surface area contributed by atoms with Crippen LogP contribution >= 0.6 is 15.9 Å². The first kappa shape index (κ1) is 8.84. The van der Waals surface area contributed by atoms with Crippen molar-refractivity contribution in [2.24, 2.45) is 0 Å². The predicted octanol–water partition coefficient (Wildman–Crippen LogP) is 1.37. The lowest BCUT2D eigenvalue weighted by Gasteiger charge is -2.27. The van der Waals surface area contributed by atoms with Crippen molar-refractivity contribution in [1.29, 1.82) is 0 Å². The Labute approximate surface area is 94.8 Å². The van der Waals surface area contributed by atoms with E-state index in [2.05, 4.69) is 36.4 Å². The van der Waals surface area contributed by atoms with Crippen molar-refractivity contribution in [1.82, 2.24) is 20.2 Å². The van der Waals surface area contributed by atoms with Gasteiger partial charge in [-0.15, -0.1) is 5.10 Å². The van der Waals surface area contributed by atoms with Crippen molar-refractivity contribution in [3.05, 3.63) is 28.5 Å². The maximum absolute atomic E-state index is 3.98. The first-order valence-electron chi connectivity index (χ1n) is 4.54. The normalized spacial score (nSPS) is 13.6. The van der Waals surface area contributed by atoms with Crippen LogP contribution < -0.4 is 4.90 Å². The van der Waals surface area contributed by atoms with Gasteiger partial charge in [-0.1, -0.05) is 6.07 Å². The van der Waals surface area contributed by atoms with Gasteiger partial charge in [0.15, 0.2) is 5.82 Å². The molecule has 3 rings (SSSR count). The van der Waals surface area contributed by atoms with Crippen molar-refractivity contribution in [2.45, 2.75) is 6.54 Å². The van der Waals surface area contributed by atoms with Gasteiger partial charge in [0.25, 0.3) is 0 Å². The van der Waals surface area contributed by atoms with Crippen LogP contribution in [0.1, 0.15) is 5.82 Å². The van der Waals surface area contributed by atoms with Gasteiger partial charge in [0.1, 0.15) is 0 Å². The molecule has 0 atom stereocenters. The number of anilines is 1. The summed E-state index contributed by atoms with van der Waals surface area (Å²) in [6.07, 6.45) is 0. The Balaban J connectivity index is 2.33. The fourth-order valence-corrected chi connectivity index (χ4v) is 2.49. The minimum atomic E-state index is 0.725. The number of halogens is 1. The van der Waals surface area contributed by atoms with E-state index in [0.717, 1.165) is 28.2 Å². The van der Waals surface area contributed by atoms with Gasteiger partial charge in [-0.25, -0.2) is 0 Å². The van der Waals surface area contributed by atoms with Gasteiger partial charge in [0, 0.05) is 11.5 Å². The molecular weight excluding hydrogens is 258 g/mol. The number of para-hydroxylation sites is 1. The smallest absolute Gasteiger partial charge is 0.175 e. The molecular formula is C9H8BrN5. The van der Waals surface area contributed by atoms with E-state index in [1.54, 1.807) is 4.68 Å². The number of aromatic nitrogens is 4. The van der Waals surface area contributed by atoms with Crippen LogP contribution in [0.5, 0.6) is 0 Å². The van der Waals surface area contributed by atoms with Gasteiger partial charge in [-0.05, 0) is 38.5 Å². The van der Waals surface area contributed by atoms with Crippen molar-refractivity contribution in [3.8, 4) is 5.69 Å². The molecule has 0 radical (unpaired) electrons. The van der Waals surface area contributed by atoms with Crippen LogP contribution in [0.2, 0.25) is 0 Å². The predicted molar refractivity (Wildman–Crippen MR) is 59.0 cm³/mol. The lowest BCUT2D eigenvalue weighted by molar-refractivity contribution is 0.713. The van der Waals surface area contributed by atoms with Crippen LogP contribution in [0, 0.1) is 0 Å². The summed E-state index contributed by atoms with van der Waals surface area (Å²) < 4.78 is 2.84. The molecule has 0 unspecified atom stereocenters. The molecule has 0 amide bonds. The van der Waals surface area contributed by atoms with E-state index in [4.69, 9.17) is 0 Å². The highest BCUT2D eigenvalue weighted by molar-refractivity contribution is 9.10. The maximum Gasteiger partial charge on any atom is 0.175 e. The van der Waals surface area contributed by atoms with Crippen molar-refractivity contribution in [3.63, 3.8) is 0 Å². The zero-order valence-corrected chi connectivity index (χ0v) is 9.64. The molecule has 76 valence electrons. The van der Waals surface area contributed by atoms with E-state index < -0.39 is 0 Å². The molecule has 0 bridgehead atoms. The number of rotatable bonds is 0. The third kappa shape index (κ3) is 1.18. The van der Waals surface area contributed by atoms with E-state index in [-0.39, 0.29) is 0 Å². The average Bonchev–Trinajstić information content (AvgIpc) is 2.65. The molecule has 15 heavy (non-hydrogen) atoms. The standard InChI is InChI=1S/C9H8BrN5/c1-14-5-8-11-12-13-15(8)7-4-2-3-6(10)9(7)14/h2-4H,5H2,1H3. The van der Waals surface area contributed by atoms with Gasteiger partial charge in [0.2, 0.25) is 0 Å². The third-order valence-electron chi connectivity index (χ3n) is 2.49. The lowest BCUT2D eigenvalue weighted by Crippen LogP contribution is -2.26. The Kier molecular flexibility index (Phi) is 1.79. The molecule has 1 aromatic heterocycles. The molecule has 1 aromatic carbocycles. The van der Waals surface area contributed by atoms with Gasteiger partial charge in [0.05, 0.1) is 17.9 Å². The topological polar surface area (TPSA) is 46.8 Å². The number of hydrogen-bond acceptors (Lipinski definition) is 4. The zero-order valence-electron chi connectivity index (χ0n) is 8.05. The summed E-state index contributed by atoms with van der Waals surface area (Å²) in [5.74, 6) is 0.864. The fraction of sp³-hybridized carbons (Fsp3) is 0.222. The summed E-state index contributed by atoms with van der Waals surface area (Å²) in [4.78, 5) is 2.13. The van der Waals surface area contributed by atoms with E-state index >= 15 is 0 Å². The SMILES string of the molecule is CN1Cc2nnnn2-c2cccc(Br)c21. The fourth-order valence-electron chi connectivity index (χ4n) is 1.84. The van der Waals surface area contributed by atoms with Gasteiger partial charge in [-0.2, -0.15) is 4.68 Å². The quantitative estimate of drug-likeness (QED) is 0.722. The van der Waals surface area contributed by atoms with Crippen LogP contribution in [-0.4, -0.2) is 27.3 Å².